The van der Waals surface area contributed by atoms with Gasteiger partial charge in [0.2, 0.25) is 5.91 Å². The molecule has 25 heavy (non-hydrogen) atoms. The Bertz CT molecular complexity index is 885. The molecule has 0 atom stereocenters. The SMILES string of the molecule is COCc1cc(C)nc2sc(-c3ccon3)c(NC(=O)CC(C)C)c12. The fourth-order valence-corrected chi connectivity index (χ4v) is 3.96. The second-order valence-corrected chi connectivity index (χ2v) is 7.37. The zero-order valence-electron chi connectivity index (χ0n) is 14.8. The van der Waals surface area contributed by atoms with Gasteiger partial charge in [-0.1, -0.05) is 19.0 Å². The molecule has 1 amide bonds. The number of aromatic nitrogens is 2. The number of anilines is 1. The van der Waals surface area contributed by atoms with E-state index in [1.807, 2.05) is 26.8 Å². The van der Waals surface area contributed by atoms with E-state index in [-0.39, 0.29) is 11.8 Å². The number of carbonyl (C=O) groups excluding carboxylic acids is 1. The summed E-state index contributed by atoms with van der Waals surface area (Å²) < 4.78 is 10.3. The summed E-state index contributed by atoms with van der Waals surface area (Å²) in [6, 6.07) is 3.77. The van der Waals surface area contributed by atoms with Crippen molar-refractivity contribution in [1.29, 1.82) is 0 Å². The Balaban J connectivity index is 2.18. The summed E-state index contributed by atoms with van der Waals surface area (Å²) in [6.45, 7) is 6.43. The highest BCUT2D eigenvalue weighted by Gasteiger charge is 2.22. The Labute approximate surface area is 150 Å². The van der Waals surface area contributed by atoms with E-state index >= 15 is 0 Å². The monoisotopic (exact) mass is 359 g/mol. The molecule has 132 valence electrons. The van der Waals surface area contributed by atoms with Crippen LogP contribution in [-0.4, -0.2) is 23.2 Å². The number of hydrogen-bond donors (Lipinski definition) is 1. The molecule has 0 saturated heterocycles. The van der Waals surface area contributed by atoms with Gasteiger partial charge >= 0.3 is 0 Å². The maximum Gasteiger partial charge on any atom is 0.224 e. The lowest BCUT2D eigenvalue weighted by Crippen LogP contribution is -2.14. The summed E-state index contributed by atoms with van der Waals surface area (Å²) in [5.41, 5.74) is 3.33. The Morgan fingerprint density at radius 2 is 2.24 bits per heavy atom. The second-order valence-electron chi connectivity index (χ2n) is 6.37. The zero-order valence-corrected chi connectivity index (χ0v) is 15.6. The molecule has 3 aromatic heterocycles. The molecule has 0 aliphatic carbocycles. The minimum Gasteiger partial charge on any atom is -0.380 e. The van der Waals surface area contributed by atoms with Crippen LogP contribution in [0.2, 0.25) is 0 Å². The summed E-state index contributed by atoms with van der Waals surface area (Å²) in [5, 5.41) is 8.01. The summed E-state index contributed by atoms with van der Waals surface area (Å²) in [7, 11) is 1.66. The predicted molar refractivity (Wildman–Crippen MR) is 98.7 cm³/mol. The van der Waals surface area contributed by atoms with E-state index < -0.39 is 0 Å². The van der Waals surface area contributed by atoms with Gasteiger partial charge in [-0.2, -0.15) is 0 Å². The molecule has 0 radical (unpaired) electrons. The molecule has 0 bridgehead atoms. The average Bonchev–Trinajstić information content (AvgIpc) is 3.14. The van der Waals surface area contributed by atoms with Crippen molar-refractivity contribution in [3.05, 3.63) is 29.7 Å². The van der Waals surface area contributed by atoms with Gasteiger partial charge in [0.15, 0.2) is 0 Å². The number of nitrogens with zero attached hydrogens (tertiary/aromatic N) is 2. The Morgan fingerprint density at radius 3 is 2.88 bits per heavy atom. The van der Waals surface area contributed by atoms with Crippen molar-refractivity contribution in [3.63, 3.8) is 0 Å². The van der Waals surface area contributed by atoms with Crippen molar-refractivity contribution in [1.82, 2.24) is 10.1 Å². The fraction of sp³-hybridized carbons (Fsp3) is 0.389. The standard InChI is InChI=1S/C18H21N3O3S/c1-10(2)7-14(22)20-16-15-12(9-23-4)8-11(3)19-18(15)25-17(16)13-5-6-24-21-13/h5-6,8,10H,7,9H2,1-4H3,(H,20,22). The molecule has 0 aliphatic heterocycles. The van der Waals surface area contributed by atoms with Crippen LogP contribution in [0, 0.1) is 12.8 Å². The third-order valence-corrected chi connectivity index (χ3v) is 4.81. The van der Waals surface area contributed by atoms with E-state index in [0.29, 0.717) is 18.7 Å². The van der Waals surface area contributed by atoms with Crippen molar-refractivity contribution in [2.75, 3.05) is 12.4 Å². The van der Waals surface area contributed by atoms with E-state index in [1.54, 1.807) is 13.2 Å². The normalized spacial score (nSPS) is 11.4. The average molecular weight is 359 g/mol. The number of hydrogen-bond acceptors (Lipinski definition) is 6. The van der Waals surface area contributed by atoms with Gasteiger partial charge < -0.3 is 14.6 Å². The number of carbonyl (C=O) groups is 1. The van der Waals surface area contributed by atoms with Crippen LogP contribution in [0.3, 0.4) is 0 Å². The van der Waals surface area contributed by atoms with Crippen molar-refractivity contribution in [2.24, 2.45) is 5.92 Å². The molecule has 0 spiro atoms. The maximum atomic E-state index is 12.4. The number of fused-ring (bicyclic) bond motifs is 1. The molecule has 1 N–H and O–H groups in total. The van der Waals surface area contributed by atoms with E-state index in [1.165, 1.54) is 17.6 Å². The maximum absolute atomic E-state index is 12.4. The number of rotatable bonds is 6. The third-order valence-electron chi connectivity index (χ3n) is 3.70. The first kappa shape index (κ1) is 17.6. The van der Waals surface area contributed by atoms with E-state index in [9.17, 15) is 4.79 Å². The van der Waals surface area contributed by atoms with Gasteiger partial charge in [-0.3, -0.25) is 4.79 Å². The van der Waals surface area contributed by atoms with E-state index in [0.717, 1.165) is 32.0 Å². The van der Waals surface area contributed by atoms with Gasteiger partial charge in [0.25, 0.3) is 0 Å². The summed E-state index contributed by atoms with van der Waals surface area (Å²) >= 11 is 1.49. The zero-order chi connectivity index (χ0) is 18.0. The molecular weight excluding hydrogens is 338 g/mol. The van der Waals surface area contributed by atoms with Crippen molar-refractivity contribution in [2.45, 2.75) is 33.8 Å². The lowest BCUT2D eigenvalue weighted by atomic mass is 10.1. The Morgan fingerprint density at radius 1 is 1.44 bits per heavy atom. The van der Waals surface area contributed by atoms with Crippen molar-refractivity contribution in [3.8, 4) is 10.6 Å². The molecule has 0 fully saturated rings. The lowest BCUT2D eigenvalue weighted by molar-refractivity contribution is -0.116. The van der Waals surface area contributed by atoms with Crippen LogP contribution in [0.15, 0.2) is 22.9 Å². The van der Waals surface area contributed by atoms with Gasteiger partial charge in [-0.15, -0.1) is 11.3 Å². The van der Waals surface area contributed by atoms with Crippen LogP contribution in [0.1, 0.15) is 31.5 Å². The number of nitrogens with one attached hydrogen (secondary N) is 1. The highest BCUT2D eigenvalue weighted by molar-refractivity contribution is 7.22. The molecule has 3 heterocycles. The van der Waals surface area contributed by atoms with Crippen LogP contribution < -0.4 is 5.32 Å². The number of amides is 1. The summed E-state index contributed by atoms with van der Waals surface area (Å²) in [4.78, 5) is 18.7. The Kier molecular flexibility index (Phi) is 5.15. The molecule has 3 aromatic rings. The van der Waals surface area contributed by atoms with Gasteiger partial charge in [0.05, 0.1) is 17.2 Å². The van der Waals surface area contributed by atoms with Crippen LogP contribution in [-0.2, 0) is 16.1 Å². The lowest BCUT2D eigenvalue weighted by Gasteiger charge is -2.10. The minimum atomic E-state index is -0.0246. The minimum absolute atomic E-state index is 0.0246. The van der Waals surface area contributed by atoms with Crippen LogP contribution in [0.25, 0.3) is 20.8 Å². The molecule has 6 nitrogen and oxygen atoms in total. The van der Waals surface area contributed by atoms with Crippen LogP contribution in [0.4, 0.5) is 5.69 Å². The first-order chi connectivity index (χ1) is 12.0. The van der Waals surface area contributed by atoms with Crippen LogP contribution in [0.5, 0.6) is 0 Å². The number of aryl methyl sites for hydroxylation is 1. The summed E-state index contributed by atoms with van der Waals surface area (Å²) in [5.74, 6) is 0.252. The predicted octanol–water partition coefficient (Wildman–Crippen LogP) is 4.39. The van der Waals surface area contributed by atoms with Crippen molar-refractivity contribution >= 4 is 33.1 Å². The second kappa shape index (κ2) is 7.33. The molecule has 7 heteroatoms. The number of methoxy groups -OCH3 is 1. The topological polar surface area (TPSA) is 77.2 Å². The molecule has 0 aliphatic rings. The number of ether oxygens (including phenoxy) is 1. The van der Waals surface area contributed by atoms with Gasteiger partial charge in [0.1, 0.15) is 16.8 Å². The number of thiophene rings is 1. The number of pyridine rings is 1. The quantitative estimate of drug-likeness (QED) is 0.706. The summed E-state index contributed by atoms with van der Waals surface area (Å²) in [6.07, 6.45) is 1.97. The molecule has 0 unspecified atom stereocenters. The van der Waals surface area contributed by atoms with Crippen molar-refractivity contribution < 1.29 is 14.1 Å². The van der Waals surface area contributed by atoms with E-state index in [2.05, 4.69) is 15.5 Å². The fourth-order valence-electron chi connectivity index (χ4n) is 2.77. The highest BCUT2D eigenvalue weighted by atomic mass is 32.1. The van der Waals surface area contributed by atoms with E-state index in [4.69, 9.17) is 9.26 Å². The first-order valence-corrected chi connectivity index (χ1v) is 8.93. The first-order valence-electron chi connectivity index (χ1n) is 8.12. The molecular formula is C18H21N3O3S. The van der Waals surface area contributed by atoms with Gasteiger partial charge in [0, 0.05) is 30.7 Å². The molecule has 3 rings (SSSR count). The third kappa shape index (κ3) is 3.72. The van der Waals surface area contributed by atoms with Crippen LogP contribution >= 0.6 is 11.3 Å². The van der Waals surface area contributed by atoms with Gasteiger partial charge in [-0.25, -0.2) is 4.98 Å². The highest BCUT2D eigenvalue weighted by Crippen LogP contribution is 2.43. The Hall–Kier alpha value is -2.25. The smallest absolute Gasteiger partial charge is 0.224 e. The van der Waals surface area contributed by atoms with Gasteiger partial charge in [-0.05, 0) is 24.5 Å². The molecule has 0 aromatic carbocycles. The molecule has 0 saturated carbocycles. The largest absolute Gasteiger partial charge is 0.380 e.